The van der Waals surface area contributed by atoms with Crippen LogP contribution in [0.15, 0.2) is 36.5 Å². The molecule has 0 radical (unpaired) electrons. The van der Waals surface area contributed by atoms with Crippen molar-refractivity contribution in [1.29, 1.82) is 0 Å². The van der Waals surface area contributed by atoms with Crippen LogP contribution in [0, 0.1) is 0 Å². The number of hydrogen-bond donors (Lipinski definition) is 3. The molecule has 1 aliphatic heterocycles. The fraction of sp³-hybridized carbons (Fsp3) is 0.333. The van der Waals surface area contributed by atoms with Crippen molar-refractivity contribution >= 4 is 32.7 Å². The second-order valence-electron chi connectivity index (χ2n) is 7.58. The second kappa shape index (κ2) is 7.73. The molecule has 3 aromatic rings. The van der Waals surface area contributed by atoms with Crippen LogP contribution in [-0.4, -0.2) is 47.4 Å². The Kier molecular flexibility index (Phi) is 5.25. The van der Waals surface area contributed by atoms with Crippen LogP contribution in [0.25, 0.3) is 22.2 Å². The van der Waals surface area contributed by atoms with Crippen LogP contribution in [0.5, 0.6) is 0 Å². The molecule has 30 heavy (non-hydrogen) atoms. The molecule has 0 bridgehead atoms. The maximum Gasteiger partial charge on any atom is 0.250 e. The number of nitrogens with one attached hydrogen (secondary N) is 1. The van der Waals surface area contributed by atoms with E-state index in [9.17, 15) is 13.2 Å². The second-order valence-corrected chi connectivity index (χ2v) is 9.83. The van der Waals surface area contributed by atoms with Gasteiger partial charge in [0.15, 0.2) is 0 Å². The summed E-state index contributed by atoms with van der Waals surface area (Å²) in [5.74, 6) is 0.172. The SMILES string of the molecule is CCS(=O)(=O)N1CCC(c2c[nH]c3c(C(N)=O)cc(-c4cccc(N)n4)cc23)CC1. The minimum Gasteiger partial charge on any atom is -0.384 e. The van der Waals surface area contributed by atoms with Crippen molar-refractivity contribution in [2.24, 2.45) is 5.73 Å². The third kappa shape index (κ3) is 3.66. The van der Waals surface area contributed by atoms with Crippen molar-refractivity contribution in [3.05, 3.63) is 47.7 Å². The molecule has 3 heterocycles. The summed E-state index contributed by atoms with van der Waals surface area (Å²) in [6, 6.07) is 9.07. The Hall–Kier alpha value is -2.91. The zero-order chi connectivity index (χ0) is 21.5. The molecule has 1 fully saturated rings. The normalized spacial score (nSPS) is 16.2. The zero-order valence-electron chi connectivity index (χ0n) is 16.8. The number of rotatable bonds is 5. The van der Waals surface area contributed by atoms with Crippen LogP contribution >= 0.6 is 0 Å². The predicted octanol–water partition coefficient (Wildman–Crippen LogP) is 2.44. The molecule has 5 N–H and O–H groups in total. The Morgan fingerprint density at radius 3 is 2.63 bits per heavy atom. The molecule has 2 aromatic heterocycles. The Morgan fingerprint density at radius 2 is 2.00 bits per heavy atom. The summed E-state index contributed by atoms with van der Waals surface area (Å²) in [5, 5.41) is 0.905. The van der Waals surface area contributed by atoms with Crippen LogP contribution in [0.3, 0.4) is 0 Å². The van der Waals surface area contributed by atoms with Gasteiger partial charge in [0.25, 0.3) is 5.91 Å². The number of aromatic amines is 1. The van der Waals surface area contributed by atoms with Gasteiger partial charge in [-0.1, -0.05) is 6.07 Å². The molecule has 9 heteroatoms. The Labute approximate surface area is 175 Å². The number of anilines is 1. The highest BCUT2D eigenvalue weighted by molar-refractivity contribution is 7.89. The molecule has 1 amide bonds. The fourth-order valence-electron chi connectivity index (χ4n) is 4.17. The van der Waals surface area contributed by atoms with Gasteiger partial charge in [-0.15, -0.1) is 0 Å². The van der Waals surface area contributed by atoms with Gasteiger partial charge in [-0.3, -0.25) is 4.79 Å². The number of benzene rings is 1. The van der Waals surface area contributed by atoms with Crippen molar-refractivity contribution in [2.75, 3.05) is 24.6 Å². The molecular weight excluding hydrogens is 402 g/mol. The largest absolute Gasteiger partial charge is 0.384 e. The molecule has 0 unspecified atom stereocenters. The number of amides is 1. The molecule has 0 saturated carbocycles. The van der Waals surface area contributed by atoms with Gasteiger partial charge >= 0.3 is 0 Å². The lowest BCUT2D eigenvalue weighted by Gasteiger charge is -2.31. The van der Waals surface area contributed by atoms with E-state index in [0.29, 0.717) is 35.7 Å². The molecule has 1 saturated heterocycles. The summed E-state index contributed by atoms with van der Waals surface area (Å²) in [6.07, 6.45) is 3.35. The lowest BCUT2D eigenvalue weighted by Crippen LogP contribution is -2.38. The van der Waals surface area contributed by atoms with Crippen molar-refractivity contribution in [3.63, 3.8) is 0 Å². The minimum atomic E-state index is -3.18. The number of carbonyl (C=O) groups excluding carboxylic acids is 1. The number of sulfonamides is 1. The van der Waals surface area contributed by atoms with Gasteiger partial charge in [0.05, 0.1) is 22.5 Å². The monoisotopic (exact) mass is 427 g/mol. The van der Waals surface area contributed by atoms with Crippen LogP contribution in [0.4, 0.5) is 5.82 Å². The van der Waals surface area contributed by atoms with E-state index in [1.807, 2.05) is 24.4 Å². The number of H-pyrrole nitrogens is 1. The van der Waals surface area contributed by atoms with Gasteiger partial charge in [-0.2, -0.15) is 0 Å². The van der Waals surface area contributed by atoms with E-state index in [1.165, 1.54) is 0 Å². The Balaban J connectivity index is 1.74. The summed E-state index contributed by atoms with van der Waals surface area (Å²) in [7, 11) is -3.18. The minimum absolute atomic E-state index is 0.114. The molecule has 4 rings (SSSR count). The van der Waals surface area contributed by atoms with E-state index in [-0.39, 0.29) is 11.7 Å². The van der Waals surface area contributed by atoms with E-state index in [4.69, 9.17) is 11.5 Å². The van der Waals surface area contributed by atoms with Gasteiger partial charge < -0.3 is 16.5 Å². The maximum absolute atomic E-state index is 12.2. The number of piperidine rings is 1. The van der Waals surface area contributed by atoms with E-state index < -0.39 is 15.9 Å². The smallest absolute Gasteiger partial charge is 0.250 e. The van der Waals surface area contributed by atoms with Crippen LogP contribution in [0.2, 0.25) is 0 Å². The third-order valence-corrected chi connectivity index (χ3v) is 7.69. The summed E-state index contributed by atoms with van der Waals surface area (Å²) >= 11 is 0. The number of primary amides is 1. The molecule has 1 aromatic carbocycles. The van der Waals surface area contributed by atoms with Gasteiger partial charge in [-0.25, -0.2) is 17.7 Å². The Bertz CT molecular complexity index is 1210. The van der Waals surface area contributed by atoms with E-state index in [2.05, 4.69) is 9.97 Å². The maximum atomic E-state index is 12.2. The van der Waals surface area contributed by atoms with Gasteiger partial charge in [0, 0.05) is 30.2 Å². The highest BCUT2D eigenvalue weighted by Crippen LogP contribution is 2.37. The lowest BCUT2D eigenvalue weighted by molar-refractivity contribution is 0.100. The average Bonchev–Trinajstić information content (AvgIpc) is 3.17. The number of aromatic nitrogens is 2. The van der Waals surface area contributed by atoms with Crippen molar-refractivity contribution in [1.82, 2.24) is 14.3 Å². The van der Waals surface area contributed by atoms with E-state index in [1.54, 1.807) is 23.4 Å². The summed E-state index contributed by atoms with van der Waals surface area (Å²) in [4.78, 5) is 19.7. The third-order valence-electron chi connectivity index (χ3n) is 5.81. The van der Waals surface area contributed by atoms with Crippen LogP contribution < -0.4 is 11.5 Å². The van der Waals surface area contributed by atoms with Crippen molar-refractivity contribution in [3.8, 4) is 11.3 Å². The summed E-state index contributed by atoms with van der Waals surface area (Å²) < 4.78 is 25.9. The number of hydrogen-bond acceptors (Lipinski definition) is 5. The summed E-state index contributed by atoms with van der Waals surface area (Å²) in [6.45, 7) is 2.65. The lowest BCUT2D eigenvalue weighted by atomic mass is 9.89. The first-order valence-electron chi connectivity index (χ1n) is 9.95. The molecule has 0 spiro atoms. The highest BCUT2D eigenvalue weighted by Gasteiger charge is 2.29. The zero-order valence-corrected chi connectivity index (χ0v) is 17.6. The number of fused-ring (bicyclic) bond motifs is 1. The molecule has 8 nitrogen and oxygen atoms in total. The molecule has 1 aliphatic rings. The predicted molar refractivity (Wildman–Crippen MR) is 117 cm³/mol. The number of carbonyl (C=O) groups is 1. The first-order valence-corrected chi connectivity index (χ1v) is 11.6. The molecule has 0 atom stereocenters. The van der Waals surface area contributed by atoms with E-state index >= 15 is 0 Å². The van der Waals surface area contributed by atoms with Crippen molar-refractivity contribution in [2.45, 2.75) is 25.7 Å². The van der Waals surface area contributed by atoms with Gasteiger partial charge in [-0.05, 0) is 55.5 Å². The summed E-state index contributed by atoms with van der Waals surface area (Å²) in [5.41, 5.74) is 15.0. The van der Waals surface area contributed by atoms with Gasteiger partial charge in [0.1, 0.15) is 5.82 Å². The van der Waals surface area contributed by atoms with Gasteiger partial charge in [0.2, 0.25) is 10.0 Å². The highest BCUT2D eigenvalue weighted by atomic mass is 32.2. The Morgan fingerprint density at radius 1 is 1.27 bits per heavy atom. The fourth-order valence-corrected chi connectivity index (χ4v) is 5.31. The number of nitrogens with two attached hydrogens (primary N) is 2. The molecular formula is C21H25N5O3S. The van der Waals surface area contributed by atoms with E-state index in [0.717, 1.165) is 29.4 Å². The number of pyridine rings is 1. The standard InChI is InChI=1S/C21H25N5O3S/c1-2-30(28,29)26-8-6-13(7-9-26)17-12-24-20-15(17)10-14(11-16(20)21(23)27)18-4-3-5-19(22)25-18/h3-5,10-13,24H,2,6-9H2,1H3,(H2,22,25)(H2,23,27). The first kappa shape index (κ1) is 20.4. The number of nitrogens with zero attached hydrogens (tertiary/aromatic N) is 2. The van der Waals surface area contributed by atoms with Crippen LogP contribution in [0.1, 0.15) is 41.6 Å². The van der Waals surface area contributed by atoms with Crippen LogP contribution in [-0.2, 0) is 10.0 Å². The molecule has 0 aliphatic carbocycles. The first-order chi connectivity index (χ1) is 14.3. The quantitative estimate of drug-likeness (QED) is 0.575. The average molecular weight is 428 g/mol. The number of nitrogen functional groups attached to an aromatic ring is 1. The topological polar surface area (TPSA) is 135 Å². The van der Waals surface area contributed by atoms with Crippen molar-refractivity contribution < 1.29 is 13.2 Å². The molecule has 158 valence electrons.